The molecule has 1 nitrogen and oxygen atoms in total. The smallest absolute Gasteiger partial charge is 0.398 e. The van der Waals surface area contributed by atoms with E-state index in [0.717, 1.165) is 11.5 Å². The lowest BCUT2D eigenvalue weighted by atomic mass is 10.1. The Kier molecular flexibility index (Phi) is 3.28. The molecular formula is C9H7F4NS. The number of nitrogens with two attached hydrogens (primary N) is 1. The van der Waals surface area contributed by atoms with Gasteiger partial charge in [0.25, 0.3) is 0 Å². The first-order valence-corrected chi connectivity index (χ1v) is 4.35. The van der Waals surface area contributed by atoms with E-state index in [2.05, 4.69) is 12.6 Å². The molecule has 6 heteroatoms. The average molecular weight is 237 g/mol. The number of halogens is 4. The number of rotatable bonds is 1. The van der Waals surface area contributed by atoms with Gasteiger partial charge in [-0.25, -0.2) is 4.39 Å². The zero-order valence-electron chi connectivity index (χ0n) is 7.35. The van der Waals surface area contributed by atoms with Gasteiger partial charge in [0.2, 0.25) is 0 Å². The van der Waals surface area contributed by atoms with Crippen LogP contribution in [0.5, 0.6) is 0 Å². The summed E-state index contributed by atoms with van der Waals surface area (Å²) in [7, 11) is 0. The molecule has 1 aromatic carbocycles. The van der Waals surface area contributed by atoms with Gasteiger partial charge in [0.05, 0.1) is 5.56 Å². The van der Waals surface area contributed by atoms with Gasteiger partial charge in [-0.15, -0.1) is 12.6 Å². The van der Waals surface area contributed by atoms with Crippen LogP contribution in [0.3, 0.4) is 0 Å². The molecule has 0 bridgehead atoms. The molecule has 0 atom stereocenters. The molecule has 0 aliphatic carbocycles. The van der Waals surface area contributed by atoms with Gasteiger partial charge in [-0.3, -0.25) is 0 Å². The van der Waals surface area contributed by atoms with Crippen LogP contribution in [0, 0.1) is 5.82 Å². The van der Waals surface area contributed by atoms with Crippen molar-refractivity contribution in [2.75, 3.05) is 0 Å². The molecule has 15 heavy (non-hydrogen) atoms. The Bertz CT molecular complexity index is 398. The maximum atomic E-state index is 13.1. The van der Waals surface area contributed by atoms with Crippen molar-refractivity contribution in [3.05, 3.63) is 40.6 Å². The fraction of sp³-hybridized carbons (Fsp3) is 0.111. The van der Waals surface area contributed by atoms with Crippen LogP contribution in [0.2, 0.25) is 0 Å². The highest BCUT2D eigenvalue weighted by molar-refractivity contribution is 7.83. The van der Waals surface area contributed by atoms with Crippen LogP contribution in [0.4, 0.5) is 17.6 Å². The largest absolute Gasteiger partial charge is 0.416 e. The van der Waals surface area contributed by atoms with E-state index < -0.39 is 17.6 Å². The zero-order valence-corrected chi connectivity index (χ0v) is 8.24. The molecule has 0 aromatic heterocycles. The van der Waals surface area contributed by atoms with E-state index in [1.165, 1.54) is 0 Å². The van der Waals surface area contributed by atoms with Gasteiger partial charge in [-0.1, -0.05) is 0 Å². The van der Waals surface area contributed by atoms with Gasteiger partial charge in [0.15, 0.2) is 0 Å². The van der Waals surface area contributed by atoms with Crippen molar-refractivity contribution in [2.24, 2.45) is 5.73 Å². The Morgan fingerprint density at radius 3 is 2.40 bits per heavy atom. The monoisotopic (exact) mass is 237 g/mol. The molecule has 0 unspecified atom stereocenters. The van der Waals surface area contributed by atoms with E-state index in [9.17, 15) is 17.6 Å². The molecule has 0 saturated heterocycles. The lowest BCUT2D eigenvalue weighted by molar-refractivity contribution is -0.137. The topological polar surface area (TPSA) is 26.0 Å². The highest BCUT2D eigenvalue weighted by Crippen LogP contribution is 2.31. The number of benzene rings is 1. The maximum absolute atomic E-state index is 13.1. The quantitative estimate of drug-likeness (QED) is 0.570. The van der Waals surface area contributed by atoms with Gasteiger partial charge in [-0.05, 0) is 23.6 Å². The Hall–Kier alpha value is -1.17. The number of alkyl halides is 3. The van der Waals surface area contributed by atoms with Crippen molar-refractivity contribution in [3.63, 3.8) is 0 Å². The van der Waals surface area contributed by atoms with Crippen molar-refractivity contribution in [2.45, 2.75) is 6.18 Å². The lowest BCUT2D eigenvalue weighted by Gasteiger charge is -2.09. The molecule has 1 rings (SSSR count). The number of hydrogen-bond donors (Lipinski definition) is 2. The van der Waals surface area contributed by atoms with Crippen LogP contribution in [0.15, 0.2) is 23.6 Å². The van der Waals surface area contributed by atoms with Crippen LogP contribution in [-0.4, -0.2) is 0 Å². The van der Waals surface area contributed by atoms with E-state index in [1.54, 1.807) is 0 Å². The molecule has 0 fully saturated rings. The molecule has 0 amide bonds. The summed E-state index contributed by atoms with van der Waals surface area (Å²) < 4.78 is 49.9. The van der Waals surface area contributed by atoms with E-state index in [0.29, 0.717) is 12.1 Å². The van der Waals surface area contributed by atoms with Gasteiger partial charge < -0.3 is 5.73 Å². The van der Waals surface area contributed by atoms with Crippen molar-refractivity contribution in [1.82, 2.24) is 0 Å². The highest BCUT2D eigenvalue weighted by Gasteiger charge is 2.31. The molecular weight excluding hydrogens is 230 g/mol. The Morgan fingerprint density at radius 1 is 1.33 bits per heavy atom. The van der Waals surface area contributed by atoms with Crippen LogP contribution < -0.4 is 5.73 Å². The molecule has 0 aliphatic heterocycles. The van der Waals surface area contributed by atoms with Crippen molar-refractivity contribution < 1.29 is 17.6 Å². The third-order valence-electron chi connectivity index (χ3n) is 1.74. The van der Waals surface area contributed by atoms with Crippen LogP contribution in [0.1, 0.15) is 11.1 Å². The van der Waals surface area contributed by atoms with E-state index in [-0.39, 0.29) is 11.3 Å². The predicted octanol–water partition coefficient (Wildman–Crippen LogP) is 3.03. The highest BCUT2D eigenvalue weighted by atomic mass is 32.1. The average Bonchev–Trinajstić information content (AvgIpc) is 2.15. The minimum Gasteiger partial charge on any atom is -0.398 e. The Morgan fingerprint density at radius 2 is 1.93 bits per heavy atom. The van der Waals surface area contributed by atoms with Crippen LogP contribution in [0.25, 0.3) is 5.70 Å². The third-order valence-corrected chi connectivity index (χ3v) is 2.02. The Labute approximate surface area is 89.0 Å². The summed E-state index contributed by atoms with van der Waals surface area (Å²) >= 11 is 3.65. The summed E-state index contributed by atoms with van der Waals surface area (Å²) in [5.74, 6) is -0.814. The minimum absolute atomic E-state index is 0.151. The minimum atomic E-state index is -4.51. The van der Waals surface area contributed by atoms with E-state index in [1.807, 2.05) is 0 Å². The predicted molar refractivity (Wildman–Crippen MR) is 52.6 cm³/mol. The van der Waals surface area contributed by atoms with Crippen molar-refractivity contribution >= 4 is 18.3 Å². The van der Waals surface area contributed by atoms with Gasteiger partial charge >= 0.3 is 6.18 Å². The molecule has 82 valence electrons. The van der Waals surface area contributed by atoms with Crippen LogP contribution >= 0.6 is 12.6 Å². The molecule has 0 heterocycles. The molecule has 0 spiro atoms. The summed E-state index contributed by atoms with van der Waals surface area (Å²) in [6.07, 6.45) is -4.51. The van der Waals surface area contributed by atoms with Gasteiger partial charge in [0, 0.05) is 11.3 Å². The second kappa shape index (κ2) is 4.14. The second-order valence-electron chi connectivity index (χ2n) is 2.78. The summed E-state index contributed by atoms with van der Waals surface area (Å²) in [5, 5.41) is 1.04. The maximum Gasteiger partial charge on any atom is 0.416 e. The normalized spacial score (nSPS) is 13.0. The second-order valence-corrected chi connectivity index (χ2v) is 3.04. The molecule has 0 radical (unpaired) electrons. The Balaban J connectivity index is 3.29. The molecule has 0 aliphatic rings. The fourth-order valence-electron chi connectivity index (χ4n) is 0.992. The van der Waals surface area contributed by atoms with Crippen molar-refractivity contribution in [1.29, 1.82) is 0 Å². The number of hydrogen-bond acceptors (Lipinski definition) is 2. The number of thiol groups is 1. The first-order chi connectivity index (χ1) is 6.86. The standard InChI is InChI=1S/C9H7F4NS/c10-7-2-1-5(9(11,12)13)3-6(7)8(14)4-15/h1-4,15H,14H2/b8-4-. The first-order valence-electron chi connectivity index (χ1n) is 3.83. The summed E-state index contributed by atoms with van der Waals surface area (Å²) in [4.78, 5) is 0. The summed E-state index contributed by atoms with van der Waals surface area (Å²) in [6, 6.07) is 2.03. The first kappa shape index (κ1) is 11.9. The van der Waals surface area contributed by atoms with E-state index in [4.69, 9.17) is 5.73 Å². The zero-order chi connectivity index (χ0) is 11.6. The molecule has 1 aromatic rings. The molecule has 0 saturated carbocycles. The third kappa shape index (κ3) is 2.65. The summed E-state index contributed by atoms with van der Waals surface area (Å²) in [5.41, 5.74) is 3.88. The van der Waals surface area contributed by atoms with Gasteiger partial charge in [-0.2, -0.15) is 13.2 Å². The van der Waals surface area contributed by atoms with E-state index >= 15 is 0 Å². The summed E-state index contributed by atoms with van der Waals surface area (Å²) in [6.45, 7) is 0. The lowest BCUT2D eigenvalue weighted by Crippen LogP contribution is -2.07. The van der Waals surface area contributed by atoms with Gasteiger partial charge in [0.1, 0.15) is 5.82 Å². The van der Waals surface area contributed by atoms with Crippen LogP contribution in [-0.2, 0) is 6.18 Å². The SMILES string of the molecule is N/C(=C\S)c1cc(C(F)(F)F)ccc1F. The fourth-order valence-corrected chi connectivity index (χ4v) is 1.13. The molecule has 2 N–H and O–H groups in total. The van der Waals surface area contributed by atoms with Crippen molar-refractivity contribution in [3.8, 4) is 0 Å².